The molecule has 0 spiro atoms. The van der Waals surface area contributed by atoms with Crippen LogP contribution in [-0.4, -0.2) is 29.9 Å². The smallest absolute Gasteiger partial charge is 0.178 e. The van der Waals surface area contributed by atoms with Crippen LogP contribution in [0.15, 0.2) is 146 Å². The minimum absolute atomic E-state index is 0.591. The van der Waals surface area contributed by atoms with Crippen LogP contribution in [0.5, 0.6) is 0 Å². The van der Waals surface area contributed by atoms with Crippen molar-refractivity contribution in [3.8, 4) is 45.3 Å². The van der Waals surface area contributed by atoms with Crippen molar-refractivity contribution in [3.05, 3.63) is 146 Å². The topological polar surface area (TPSA) is 77.3 Å². The fourth-order valence-electron chi connectivity index (χ4n) is 6.10. The Balaban J connectivity index is 1.16. The van der Waals surface area contributed by atoms with E-state index in [-0.39, 0.29) is 0 Å². The van der Waals surface area contributed by atoms with Gasteiger partial charge in [0, 0.05) is 39.9 Å². The number of hydrogen-bond acceptors (Lipinski definition) is 6. The van der Waals surface area contributed by atoms with E-state index in [1.165, 1.54) is 5.39 Å². The van der Waals surface area contributed by atoms with E-state index in [2.05, 4.69) is 107 Å². The van der Waals surface area contributed by atoms with Crippen molar-refractivity contribution in [2.45, 2.75) is 0 Å². The van der Waals surface area contributed by atoms with Crippen LogP contribution in [0.1, 0.15) is 0 Å². The van der Waals surface area contributed by atoms with E-state index >= 15 is 0 Å². The third kappa shape index (κ3) is 4.43. The van der Waals surface area contributed by atoms with Crippen LogP contribution < -0.4 is 0 Å². The quantitative estimate of drug-likeness (QED) is 0.191. The molecule has 5 aromatic carbocycles. The summed E-state index contributed by atoms with van der Waals surface area (Å²) in [5.74, 6) is 0.591. The molecule has 9 rings (SSSR count). The zero-order valence-electron chi connectivity index (χ0n) is 24.5. The lowest BCUT2D eigenvalue weighted by Gasteiger charge is -2.13. The van der Waals surface area contributed by atoms with E-state index in [0.29, 0.717) is 5.82 Å². The summed E-state index contributed by atoms with van der Waals surface area (Å²) in [6, 6.07) is 45.4. The summed E-state index contributed by atoms with van der Waals surface area (Å²) in [7, 11) is 0. The highest BCUT2D eigenvalue weighted by atomic mass is 14.9. The molecule has 214 valence electrons. The van der Waals surface area contributed by atoms with Crippen LogP contribution in [-0.2, 0) is 0 Å². The van der Waals surface area contributed by atoms with Gasteiger partial charge in [0.2, 0.25) is 0 Å². The molecule has 0 amide bonds. The number of hydrogen-bond donors (Lipinski definition) is 0. The summed E-state index contributed by atoms with van der Waals surface area (Å²) >= 11 is 0. The highest BCUT2D eigenvalue weighted by Gasteiger charge is 2.16. The number of benzene rings is 5. The van der Waals surface area contributed by atoms with Gasteiger partial charge in [-0.25, -0.2) is 29.9 Å². The summed E-state index contributed by atoms with van der Waals surface area (Å²) in [6.45, 7) is 0. The van der Waals surface area contributed by atoms with Gasteiger partial charge in [0.05, 0.1) is 39.1 Å². The van der Waals surface area contributed by atoms with Gasteiger partial charge in [-0.1, -0.05) is 103 Å². The second kappa shape index (κ2) is 10.6. The first kappa shape index (κ1) is 26.0. The highest BCUT2D eigenvalue weighted by molar-refractivity contribution is 6.04. The van der Waals surface area contributed by atoms with Crippen molar-refractivity contribution in [2.75, 3.05) is 0 Å². The van der Waals surface area contributed by atoms with Crippen molar-refractivity contribution in [1.29, 1.82) is 0 Å². The Hall–Kier alpha value is -6.40. The Labute approximate surface area is 264 Å². The van der Waals surface area contributed by atoms with Crippen molar-refractivity contribution >= 4 is 43.6 Å². The van der Waals surface area contributed by atoms with Gasteiger partial charge in [-0.2, -0.15) is 0 Å². The maximum atomic E-state index is 5.15. The van der Waals surface area contributed by atoms with Crippen LogP contribution in [0, 0.1) is 0 Å². The summed E-state index contributed by atoms with van der Waals surface area (Å²) in [6.07, 6.45) is 3.46. The van der Waals surface area contributed by atoms with Crippen LogP contribution in [0.25, 0.3) is 88.9 Å². The molecular weight excluding hydrogens is 564 g/mol. The fraction of sp³-hybridized carbons (Fsp3) is 0. The molecule has 0 radical (unpaired) electrons. The predicted octanol–water partition coefficient (Wildman–Crippen LogP) is 9.34. The van der Waals surface area contributed by atoms with Crippen LogP contribution in [0.2, 0.25) is 0 Å². The lowest BCUT2D eigenvalue weighted by atomic mass is 9.97. The van der Waals surface area contributed by atoms with Gasteiger partial charge >= 0.3 is 0 Å². The second-order valence-corrected chi connectivity index (χ2v) is 11.2. The standard InChI is InChI=1S/C40H24N6/c1-2-9-30-25(7-1)8-5-10-31(30)39-38(44-33-11-3-4-12-34(33)45-39)27-15-13-26(14-16-27)32-21-19-28-17-18-29-20-22-35(40-41-23-6-24-42-40)46-37(29)36(28)43-32/h1-24H. The number of nitrogens with zero attached hydrogens (tertiary/aromatic N) is 6. The molecule has 0 fully saturated rings. The highest BCUT2D eigenvalue weighted by Crippen LogP contribution is 2.36. The first-order valence-electron chi connectivity index (χ1n) is 15.1. The minimum atomic E-state index is 0.591. The maximum absolute atomic E-state index is 5.15. The van der Waals surface area contributed by atoms with Crippen molar-refractivity contribution < 1.29 is 0 Å². The third-order valence-corrected chi connectivity index (χ3v) is 8.38. The zero-order valence-corrected chi connectivity index (χ0v) is 24.5. The first-order chi connectivity index (χ1) is 22.8. The SMILES string of the molecule is c1cnc(-c2ccc3ccc4ccc(-c5ccc(-c6nc7ccccc7nc6-c6cccc7ccccc67)cc5)nc4c3n2)nc1. The maximum Gasteiger partial charge on any atom is 0.178 e. The van der Waals surface area contributed by atoms with E-state index in [4.69, 9.17) is 19.9 Å². The van der Waals surface area contributed by atoms with E-state index in [9.17, 15) is 0 Å². The molecule has 0 aliphatic carbocycles. The average Bonchev–Trinajstić information content (AvgIpc) is 3.14. The van der Waals surface area contributed by atoms with E-state index in [1.807, 2.05) is 30.3 Å². The second-order valence-electron chi connectivity index (χ2n) is 11.2. The summed E-state index contributed by atoms with van der Waals surface area (Å²) in [5.41, 5.74) is 9.76. The molecule has 0 saturated carbocycles. The molecule has 46 heavy (non-hydrogen) atoms. The van der Waals surface area contributed by atoms with E-state index in [0.717, 1.165) is 77.7 Å². The lowest BCUT2D eigenvalue weighted by Crippen LogP contribution is -1.96. The van der Waals surface area contributed by atoms with Gasteiger partial charge in [-0.15, -0.1) is 0 Å². The normalized spacial score (nSPS) is 11.5. The van der Waals surface area contributed by atoms with Crippen molar-refractivity contribution in [3.63, 3.8) is 0 Å². The molecule has 0 aliphatic heterocycles. The van der Waals surface area contributed by atoms with Crippen LogP contribution in [0.4, 0.5) is 0 Å². The molecule has 6 heteroatoms. The summed E-state index contributed by atoms with van der Waals surface area (Å²) < 4.78 is 0. The molecule has 0 atom stereocenters. The molecule has 0 N–H and O–H groups in total. The monoisotopic (exact) mass is 588 g/mol. The Morgan fingerprint density at radius 3 is 1.72 bits per heavy atom. The largest absolute Gasteiger partial charge is 0.245 e. The third-order valence-electron chi connectivity index (χ3n) is 8.38. The van der Waals surface area contributed by atoms with Crippen LogP contribution in [0.3, 0.4) is 0 Å². The van der Waals surface area contributed by atoms with E-state index in [1.54, 1.807) is 18.5 Å². The first-order valence-corrected chi connectivity index (χ1v) is 15.1. The molecule has 0 saturated heterocycles. The van der Waals surface area contributed by atoms with Gasteiger partial charge in [0.15, 0.2) is 5.82 Å². The molecule has 0 unspecified atom stereocenters. The molecule has 4 aromatic heterocycles. The minimum Gasteiger partial charge on any atom is -0.245 e. The molecule has 4 heterocycles. The van der Waals surface area contributed by atoms with E-state index < -0.39 is 0 Å². The molecule has 6 nitrogen and oxygen atoms in total. The number of fused-ring (bicyclic) bond motifs is 5. The molecular formula is C40H24N6. The number of para-hydroxylation sites is 2. The Morgan fingerprint density at radius 2 is 0.957 bits per heavy atom. The lowest BCUT2D eigenvalue weighted by molar-refractivity contribution is 1.15. The fourth-order valence-corrected chi connectivity index (χ4v) is 6.10. The van der Waals surface area contributed by atoms with Crippen molar-refractivity contribution in [2.24, 2.45) is 0 Å². The molecule has 0 bridgehead atoms. The van der Waals surface area contributed by atoms with Gasteiger partial charge in [0.1, 0.15) is 5.69 Å². The molecule has 0 aliphatic rings. The Kier molecular flexibility index (Phi) is 6.03. The number of aromatic nitrogens is 6. The predicted molar refractivity (Wildman–Crippen MR) is 185 cm³/mol. The average molecular weight is 589 g/mol. The van der Waals surface area contributed by atoms with Crippen molar-refractivity contribution in [1.82, 2.24) is 29.9 Å². The van der Waals surface area contributed by atoms with Gasteiger partial charge < -0.3 is 0 Å². The number of rotatable bonds is 4. The summed E-state index contributed by atoms with van der Waals surface area (Å²) in [4.78, 5) is 29.1. The summed E-state index contributed by atoms with van der Waals surface area (Å²) in [5, 5.41) is 4.36. The zero-order chi connectivity index (χ0) is 30.5. The number of pyridine rings is 2. The Bertz CT molecular complexity index is 2580. The van der Waals surface area contributed by atoms with Gasteiger partial charge in [-0.3, -0.25) is 0 Å². The van der Waals surface area contributed by atoms with Crippen LogP contribution >= 0.6 is 0 Å². The van der Waals surface area contributed by atoms with Gasteiger partial charge in [-0.05, 0) is 41.1 Å². The molecule has 9 aromatic rings. The Morgan fingerprint density at radius 1 is 0.370 bits per heavy atom. The van der Waals surface area contributed by atoms with Gasteiger partial charge in [0.25, 0.3) is 0 Å².